The molecule has 0 amide bonds. The number of ketones is 1. The van der Waals surface area contributed by atoms with Crippen molar-refractivity contribution in [2.45, 2.75) is 6.42 Å². The van der Waals surface area contributed by atoms with E-state index < -0.39 is 0 Å². The molecule has 2 aromatic carbocycles. The van der Waals surface area contributed by atoms with Crippen molar-refractivity contribution >= 4 is 17.5 Å². The molecule has 0 fully saturated rings. The fraction of sp³-hybridized carbons (Fsp3) is 0.167. The second-order valence-corrected chi connectivity index (χ2v) is 4.95. The molecule has 2 nitrogen and oxygen atoms in total. The van der Waals surface area contributed by atoms with Gasteiger partial charge in [-0.15, -0.1) is 0 Å². The van der Waals surface area contributed by atoms with Gasteiger partial charge >= 0.3 is 0 Å². The zero-order valence-corrected chi connectivity index (χ0v) is 11.3. The summed E-state index contributed by atoms with van der Waals surface area (Å²) in [4.78, 5) is 14.1. The first-order chi connectivity index (χ1) is 9.84. The maximum atomic E-state index is 11.9. The van der Waals surface area contributed by atoms with Gasteiger partial charge in [0.2, 0.25) is 0 Å². The van der Waals surface area contributed by atoms with E-state index >= 15 is 0 Å². The lowest BCUT2D eigenvalue weighted by atomic mass is 10.0. The maximum Gasteiger partial charge on any atom is 0.166 e. The number of nitrogens with zero attached hydrogens (tertiary/aromatic N) is 1. The molecule has 20 heavy (non-hydrogen) atoms. The van der Waals surface area contributed by atoms with E-state index in [1.807, 2.05) is 42.5 Å². The molecule has 3 rings (SSSR count). The van der Waals surface area contributed by atoms with Crippen LogP contribution in [0.1, 0.15) is 22.3 Å². The molecule has 0 saturated heterocycles. The Bertz CT molecular complexity index is 631. The molecule has 0 bridgehead atoms. The number of benzene rings is 2. The number of carbonyl (C=O) groups excluding carboxylic acids is 1. The number of hydrogen-bond donors (Lipinski definition) is 0. The molecule has 0 N–H and O–H groups in total. The summed E-state index contributed by atoms with van der Waals surface area (Å²) in [6, 6.07) is 18.1. The molecule has 1 heterocycles. The number of rotatable bonds is 3. The third-order valence-electron chi connectivity index (χ3n) is 3.59. The van der Waals surface area contributed by atoms with Crippen molar-refractivity contribution in [1.82, 2.24) is 0 Å². The van der Waals surface area contributed by atoms with Gasteiger partial charge in [-0.2, -0.15) is 0 Å². The summed E-state index contributed by atoms with van der Waals surface area (Å²) in [6.45, 7) is 1.63. The Morgan fingerprint density at radius 1 is 1.00 bits per heavy atom. The van der Waals surface area contributed by atoms with Crippen LogP contribution in [0.3, 0.4) is 0 Å². The van der Waals surface area contributed by atoms with Crippen molar-refractivity contribution in [2.24, 2.45) is 0 Å². The van der Waals surface area contributed by atoms with Gasteiger partial charge in [0, 0.05) is 30.8 Å². The van der Waals surface area contributed by atoms with Gasteiger partial charge in [-0.3, -0.25) is 4.79 Å². The Morgan fingerprint density at radius 2 is 1.75 bits per heavy atom. The molecule has 0 radical (unpaired) electrons. The molecule has 0 aliphatic carbocycles. The fourth-order valence-electron chi connectivity index (χ4n) is 2.55. The van der Waals surface area contributed by atoms with Gasteiger partial charge in [0.15, 0.2) is 5.78 Å². The lowest BCUT2D eigenvalue weighted by molar-refractivity contribution is 0.0980. The number of carbonyl (C=O) groups is 1. The first-order valence-electron chi connectivity index (χ1n) is 6.93. The standard InChI is InChI=1S/C18H17NO/c20-18-12-14-19(17-11-5-4-10-16(17)18)13-6-9-15-7-2-1-3-8-15/h1-11H,12-14H2. The molecule has 0 saturated carbocycles. The molecule has 0 atom stereocenters. The average molecular weight is 263 g/mol. The molecule has 0 unspecified atom stereocenters. The van der Waals surface area contributed by atoms with Gasteiger partial charge in [-0.05, 0) is 17.7 Å². The molecular formula is C18H17NO. The number of hydrogen-bond acceptors (Lipinski definition) is 2. The summed E-state index contributed by atoms with van der Waals surface area (Å²) in [5, 5.41) is 0. The van der Waals surface area contributed by atoms with Gasteiger partial charge < -0.3 is 4.90 Å². The predicted octanol–water partition coefficient (Wildman–Crippen LogP) is 3.79. The molecule has 0 spiro atoms. The normalized spacial score (nSPS) is 14.6. The quantitative estimate of drug-likeness (QED) is 0.839. The van der Waals surface area contributed by atoms with Crippen molar-refractivity contribution < 1.29 is 4.79 Å². The van der Waals surface area contributed by atoms with E-state index in [4.69, 9.17) is 0 Å². The number of anilines is 1. The minimum absolute atomic E-state index is 0.254. The first kappa shape index (κ1) is 12.7. The highest BCUT2D eigenvalue weighted by Crippen LogP contribution is 2.26. The first-order valence-corrected chi connectivity index (χ1v) is 6.93. The Hall–Kier alpha value is -2.35. The Kier molecular flexibility index (Phi) is 3.64. The molecule has 100 valence electrons. The Morgan fingerprint density at radius 3 is 2.60 bits per heavy atom. The summed E-state index contributed by atoms with van der Waals surface area (Å²) >= 11 is 0. The molecule has 1 aliphatic rings. The molecule has 2 aromatic rings. The highest BCUT2D eigenvalue weighted by Gasteiger charge is 2.21. The van der Waals surface area contributed by atoms with E-state index in [0.717, 1.165) is 24.3 Å². The summed E-state index contributed by atoms with van der Waals surface area (Å²) in [5.74, 6) is 0.254. The van der Waals surface area contributed by atoms with Crippen LogP contribution in [-0.2, 0) is 0 Å². The lowest BCUT2D eigenvalue weighted by Gasteiger charge is -2.29. The average Bonchev–Trinajstić information content (AvgIpc) is 2.51. The molecular weight excluding hydrogens is 246 g/mol. The van der Waals surface area contributed by atoms with Gasteiger partial charge in [0.05, 0.1) is 0 Å². The van der Waals surface area contributed by atoms with Crippen molar-refractivity contribution in [2.75, 3.05) is 18.0 Å². The van der Waals surface area contributed by atoms with Crippen molar-refractivity contribution in [3.63, 3.8) is 0 Å². The Labute approximate surface area is 119 Å². The minimum atomic E-state index is 0.254. The number of Topliss-reactive ketones (excluding diaryl/α,β-unsaturated/α-hetero) is 1. The monoisotopic (exact) mass is 263 g/mol. The largest absolute Gasteiger partial charge is 0.367 e. The van der Waals surface area contributed by atoms with Crippen molar-refractivity contribution in [3.8, 4) is 0 Å². The van der Waals surface area contributed by atoms with Crippen LogP contribution in [0.4, 0.5) is 5.69 Å². The van der Waals surface area contributed by atoms with Gasteiger partial charge in [0.1, 0.15) is 0 Å². The van der Waals surface area contributed by atoms with E-state index in [-0.39, 0.29) is 5.78 Å². The van der Waals surface area contributed by atoms with E-state index in [1.54, 1.807) is 0 Å². The van der Waals surface area contributed by atoms with Crippen LogP contribution in [-0.4, -0.2) is 18.9 Å². The second kappa shape index (κ2) is 5.74. The van der Waals surface area contributed by atoms with Crippen molar-refractivity contribution in [1.29, 1.82) is 0 Å². The van der Waals surface area contributed by atoms with Crippen LogP contribution in [0, 0.1) is 0 Å². The van der Waals surface area contributed by atoms with Crippen LogP contribution in [0.25, 0.3) is 6.08 Å². The van der Waals surface area contributed by atoms with E-state index in [2.05, 4.69) is 29.2 Å². The highest BCUT2D eigenvalue weighted by molar-refractivity contribution is 6.03. The zero-order valence-electron chi connectivity index (χ0n) is 11.3. The lowest BCUT2D eigenvalue weighted by Crippen LogP contribution is -2.32. The third-order valence-corrected chi connectivity index (χ3v) is 3.59. The van der Waals surface area contributed by atoms with Gasteiger partial charge in [-0.25, -0.2) is 0 Å². The van der Waals surface area contributed by atoms with Crippen LogP contribution < -0.4 is 4.90 Å². The summed E-state index contributed by atoms with van der Waals surface area (Å²) in [5.41, 5.74) is 3.11. The van der Waals surface area contributed by atoms with Crippen LogP contribution in [0.2, 0.25) is 0 Å². The van der Waals surface area contributed by atoms with Gasteiger partial charge in [0.25, 0.3) is 0 Å². The van der Waals surface area contributed by atoms with Crippen LogP contribution >= 0.6 is 0 Å². The second-order valence-electron chi connectivity index (χ2n) is 4.95. The minimum Gasteiger partial charge on any atom is -0.367 e. The Balaban J connectivity index is 1.75. The summed E-state index contributed by atoms with van der Waals surface area (Å²) in [6.07, 6.45) is 4.89. The summed E-state index contributed by atoms with van der Waals surface area (Å²) in [7, 11) is 0. The molecule has 2 heteroatoms. The van der Waals surface area contributed by atoms with Crippen LogP contribution in [0.15, 0.2) is 60.7 Å². The fourth-order valence-corrected chi connectivity index (χ4v) is 2.55. The van der Waals surface area contributed by atoms with E-state index in [9.17, 15) is 4.79 Å². The maximum absolute atomic E-state index is 11.9. The number of para-hydroxylation sites is 1. The van der Waals surface area contributed by atoms with Crippen LogP contribution in [0.5, 0.6) is 0 Å². The third kappa shape index (κ3) is 2.64. The zero-order chi connectivity index (χ0) is 13.8. The molecule has 0 aromatic heterocycles. The van der Waals surface area contributed by atoms with Crippen molar-refractivity contribution in [3.05, 3.63) is 71.8 Å². The topological polar surface area (TPSA) is 20.3 Å². The molecule has 1 aliphatic heterocycles. The summed E-state index contributed by atoms with van der Waals surface area (Å²) < 4.78 is 0. The predicted molar refractivity (Wildman–Crippen MR) is 83.1 cm³/mol. The SMILES string of the molecule is O=C1CCN(CC=Cc2ccccc2)c2ccccc21. The van der Waals surface area contributed by atoms with Gasteiger partial charge in [-0.1, -0.05) is 54.6 Å². The van der Waals surface area contributed by atoms with E-state index in [0.29, 0.717) is 6.42 Å². The number of fused-ring (bicyclic) bond motifs is 1. The van der Waals surface area contributed by atoms with E-state index in [1.165, 1.54) is 5.56 Å². The highest BCUT2D eigenvalue weighted by atomic mass is 16.1. The smallest absolute Gasteiger partial charge is 0.166 e.